The van der Waals surface area contributed by atoms with Gasteiger partial charge in [0.25, 0.3) is 0 Å². The van der Waals surface area contributed by atoms with Crippen LogP contribution >= 0.6 is 11.3 Å². The van der Waals surface area contributed by atoms with Crippen molar-refractivity contribution in [2.24, 2.45) is 0 Å². The van der Waals surface area contributed by atoms with Gasteiger partial charge in [0.2, 0.25) is 0 Å². The van der Waals surface area contributed by atoms with Gasteiger partial charge in [-0.05, 0) is 32.9 Å². The number of aromatic nitrogens is 1. The molecule has 2 N–H and O–H groups in total. The number of nitrogens with one attached hydrogen (secondary N) is 1. The molecule has 102 valence electrons. The standard InChI is InChI=1S/C13H16N2O3S/c1-8-4-5-9(18-8)6-14-12-15-10(7-19-12)13(2,3)11(16)17/h4-5,7H,6H2,1-3H3,(H,14,15)(H,16,17). The van der Waals surface area contributed by atoms with Crippen LogP contribution in [-0.4, -0.2) is 16.1 Å². The van der Waals surface area contributed by atoms with E-state index in [0.29, 0.717) is 17.4 Å². The second-order valence-corrected chi connectivity index (χ2v) is 5.69. The Labute approximate surface area is 115 Å². The highest BCUT2D eigenvalue weighted by atomic mass is 32.1. The maximum absolute atomic E-state index is 11.1. The van der Waals surface area contributed by atoms with Gasteiger partial charge in [0.15, 0.2) is 5.13 Å². The highest BCUT2D eigenvalue weighted by Gasteiger charge is 2.32. The molecule has 0 atom stereocenters. The van der Waals surface area contributed by atoms with Gasteiger partial charge in [0, 0.05) is 5.38 Å². The van der Waals surface area contributed by atoms with Crippen LogP contribution in [-0.2, 0) is 16.8 Å². The first-order valence-electron chi connectivity index (χ1n) is 5.88. The minimum atomic E-state index is -0.975. The Balaban J connectivity index is 2.03. The number of carboxylic acid groups (broad SMARTS) is 1. The highest BCUT2D eigenvalue weighted by molar-refractivity contribution is 7.13. The third-order valence-corrected chi connectivity index (χ3v) is 3.69. The molecule has 2 aromatic rings. The normalized spacial score (nSPS) is 11.5. The summed E-state index contributed by atoms with van der Waals surface area (Å²) in [5.74, 6) is 0.807. The summed E-state index contributed by atoms with van der Waals surface area (Å²) in [5.41, 5.74) is -0.416. The molecule has 0 unspecified atom stereocenters. The van der Waals surface area contributed by atoms with Crippen LogP contribution in [0.2, 0.25) is 0 Å². The van der Waals surface area contributed by atoms with Gasteiger partial charge in [0.05, 0.1) is 12.2 Å². The lowest BCUT2D eigenvalue weighted by Crippen LogP contribution is -2.28. The number of nitrogens with zero attached hydrogens (tertiary/aromatic N) is 1. The molecule has 0 bridgehead atoms. The fourth-order valence-electron chi connectivity index (χ4n) is 1.49. The summed E-state index contributed by atoms with van der Waals surface area (Å²) in [6.45, 7) is 5.71. The van der Waals surface area contributed by atoms with E-state index in [1.54, 1.807) is 19.2 Å². The van der Waals surface area contributed by atoms with E-state index in [1.807, 2.05) is 19.1 Å². The molecular weight excluding hydrogens is 264 g/mol. The Bertz CT molecular complexity index is 586. The number of thiazole rings is 1. The predicted octanol–water partition coefficient (Wildman–Crippen LogP) is 3.02. The predicted molar refractivity (Wildman–Crippen MR) is 73.5 cm³/mol. The van der Waals surface area contributed by atoms with Crippen LogP contribution in [0.3, 0.4) is 0 Å². The van der Waals surface area contributed by atoms with E-state index in [2.05, 4.69) is 10.3 Å². The molecule has 5 nitrogen and oxygen atoms in total. The van der Waals surface area contributed by atoms with E-state index in [0.717, 1.165) is 11.5 Å². The number of carbonyl (C=O) groups is 1. The van der Waals surface area contributed by atoms with Crippen molar-refractivity contribution < 1.29 is 14.3 Å². The van der Waals surface area contributed by atoms with E-state index in [-0.39, 0.29) is 0 Å². The van der Waals surface area contributed by atoms with Crippen LogP contribution in [0.1, 0.15) is 31.1 Å². The van der Waals surface area contributed by atoms with Crippen LogP contribution in [0.25, 0.3) is 0 Å². The third kappa shape index (κ3) is 2.96. The van der Waals surface area contributed by atoms with Gasteiger partial charge >= 0.3 is 5.97 Å². The smallest absolute Gasteiger partial charge is 0.315 e. The van der Waals surface area contributed by atoms with Crippen molar-refractivity contribution in [2.45, 2.75) is 32.7 Å². The van der Waals surface area contributed by atoms with Crippen LogP contribution in [0.4, 0.5) is 5.13 Å². The molecule has 0 saturated heterocycles. The third-order valence-electron chi connectivity index (χ3n) is 2.89. The number of carboxylic acids is 1. The molecule has 0 aromatic carbocycles. The van der Waals surface area contributed by atoms with Crippen molar-refractivity contribution in [1.29, 1.82) is 0 Å². The lowest BCUT2D eigenvalue weighted by molar-refractivity contribution is -0.142. The van der Waals surface area contributed by atoms with Gasteiger partial charge in [-0.15, -0.1) is 11.3 Å². The molecule has 0 aliphatic carbocycles. The van der Waals surface area contributed by atoms with Gasteiger partial charge in [-0.25, -0.2) is 4.98 Å². The molecular formula is C13H16N2O3S. The number of rotatable bonds is 5. The molecule has 0 radical (unpaired) electrons. The number of hydrogen-bond donors (Lipinski definition) is 2. The Hall–Kier alpha value is -1.82. The number of furan rings is 1. The average Bonchev–Trinajstić information content (AvgIpc) is 2.95. The van der Waals surface area contributed by atoms with Crippen molar-refractivity contribution >= 4 is 22.4 Å². The zero-order valence-electron chi connectivity index (χ0n) is 11.1. The van der Waals surface area contributed by atoms with Crippen LogP contribution in [0, 0.1) is 6.92 Å². The van der Waals surface area contributed by atoms with E-state index in [9.17, 15) is 4.79 Å². The van der Waals surface area contributed by atoms with E-state index < -0.39 is 11.4 Å². The topological polar surface area (TPSA) is 75.4 Å². The first-order chi connectivity index (χ1) is 8.89. The van der Waals surface area contributed by atoms with Crippen molar-refractivity contribution in [2.75, 3.05) is 5.32 Å². The summed E-state index contributed by atoms with van der Waals surface area (Å²) < 4.78 is 5.44. The largest absolute Gasteiger partial charge is 0.481 e. The summed E-state index contributed by atoms with van der Waals surface area (Å²) in [5, 5.41) is 14.7. The number of aliphatic carboxylic acids is 1. The Kier molecular flexibility index (Phi) is 3.61. The summed E-state index contributed by atoms with van der Waals surface area (Å²) in [4.78, 5) is 15.5. The summed E-state index contributed by atoms with van der Waals surface area (Å²) in [6, 6.07) is 3.80. The maximum atomic E-state index is 11.1. The Morgan fingerprint density at radius 3 is 2.84 bits per heavy atom. The fourth-order valence-corrected chi connectivity index (χ4v) is 2.37. The molecule has 2 rings (SSSR count). The maximum Gasteiger partial charge on any atom is 0.315 e. The van der Waals surface area contributed by atoms with Gasteiger partial charge < -0.3 is 14.8 Å². The van der Waals surface area contributed by atoms with Crippen molar-refractivity contribution in [3.63, 3.8) is 0 Å². The zero-order chi connectivity index (χ0) is 14.0. The van der Waals surface area contributed by atoms with Crippen LogP contribution in [0.15, 0.2) is 21.9 Å². The number of aryl methyl sites for hydroxylation is 1. The van der Waals surface area contributed by atoms with Gasteiger partial charge in [-0.2, -0.15) is 0 Å². The highest BCUT2D eigenvalue weighted by Crippen LogP contribution is 2.27. The minimum absolute atomic E-state index is 0.536. The molecule has 0 spiro atoms. The molecule has 19 heavy (non-hydrogen) atoms. The second kappa shape index (κ2) is 5.05. The SMILES string of the molecule is Cc1ccc(CNc2nc(C(C)(C)C(=O)O)cs2)o1. The van der Waals surface area contributed by atoms with Crippen LogP contribution in [0.5, 0.6) is 0 Å². The summed E-state index contributed by atoms with van der Waals surface area (Å²) in [7, 11) is 0. The van der Waals surface area contributed by atoms with Crippen LogP contribution < -0.4 is 5.32 Å². The molecule has 6 heteroatoms. The first-order valence-corrected chi connectivity index (χ1v) is 6.76. The van der Waals surface area contributed by atoms with Gasteiger partial charge in [-0.3, -0.25) is 4.79 Å². The summed E-state index contributed by atoms with van der Waals surface area (Å²) >= 11 is 1.39. The monoisotopic (exact) mass is 280 g/mol. The van der Waals surface area contributed by atoms with E-state index >= 15 is 0 Å². The first kappa shape index (κ1) is 13.6. The molecule has 2 aromatic heterocycles. The molecule has 0 fully saturated rings. The summed E-state index contributed by atoms with van der Waals surface area (Å²) in [6.07, 6.45) is 0. The number of hydrogen-bond acceptors (Lipinski definition) is 5. The molecule has 0 aliphatic rings. The number of anilines is 1. The van der Waals surface area contributed by atoms with Crippen molar-refractivity contribution in [3.05, 3.63) is 34.7 Å². The Morgan fingerprint density at radius 2 is 2.26 bits per heavy atom. The Morgan fingerprint density at radius 1 is 1.53 bits per heavy atom. The molecule has 0 amide bonds. The van der Waals surface area contributed by atoms with E-state index in [4.69, 9.17) is 9.52 Å². The lowest BCUT2D eigenvalue weighted by atomic mass is 9.90. The van der Waals surface area contributed by atoms with Gasteiger partial charge in [-0.1, -0.05) is 0 Å². The average molecular weight is 280 g/mol. The quantitative estimate of drug-likeness (QED) is 0.880. The lowest BCUT2D eigenvalue weighted by Gasteiger charge is -2.15. The second-order valence-electron chi connectivity index (χ2n) is 4.83. The minimum Gasteiger partial charge on any atom is -0.481 e. The van der Waals surface area contributed by atoms with Gasteiger partial charge in [0.1, 0.15) is 16.9 Å². The fraction of sp³-hybridized carbons (Fsp3) is 0.385. The van der Waals surface area contributed by atoms with Crippen molar-refractivity contribution in [3.8, 4) is 0 Å². The van der Waals surface area contributed by atoms with Crippen molar-refractivity contribution in [1.82, 2.24) is 4.98 Å². The zero-order valence-corrected chi connectivity index (χ0v) is 11.9. The molecule has 0 saturated carbocycles. The molecule has 0 aliphatic heterocycles. The van der Waals surface area contributed by atoms with E-state index in [1.165, 1.54) is 11.3 Å². The molecule has 2 heterocycles.